The third kappa shape index (κ3) is 2.34. The lowest BCUT2D eigenvalue weighted by Crippen LogP contribution is -2.33. The van der Waals surface area contributed by atoms with Gasteiger partial charge in [-0.2, -0.15) is 5.26 Å². The number of nitriles is 1. The summed E-state index contributed by atoms with van der Waals surface area (Å²) in [6, 6.07) is 1.99. The van der Waals surface area contributed by atoms with Crippen LogP contribution in [0.4, 0.5) is 0 Å². The van der Waals surface area contributed by atoms with Crippen LogP contribution in [0.3, 0.4) is 0 Å². The largest absolute Gasteiger partial charge is 0.268 e. The maximum absolute atomic E-state index is 11.6. The summed E-state index contributed by atoms with van der Waals surface area (Å²) < 4.78 is 1.27. The molecule has 0 bridgehead atoms. The number of aryl methyl sites for hydroxylation is 1. The smallest absolute Gasteiger partial charge is 0.268 e. The standard InChI is InChI=1S/C10H13N3O2/c1-7-8(2)10(15)13(12-9(7)14)6-4-3-5-11/h3-4,6H2,1-2H3,(H,12,14). The lowest BCUT2D eigenvalue weighted by Gasteiger charge is -2.06. The molecule has 5 heteroatoms. The Labute approximate surface area is 87.0 Å². The molecule has 1 rings (SSSR count). The fraction of sp³-hybridized carbons (Fsp3) is 0.500. The molecule has 0 aliphatic heterocycles. The second-order valence-corrected chi connectivity index (χ2v) is 3.41. The third-order valence-electron chi connectivity index (χ3n) is 2.38. The highest BCUT2D eigenvalue weighted by Gasteiger charge is 2.06. The van der Waals surface area contributed by atoms with Crippen molar-refractivity contribution in [1.29, 1.82) is 5.26 Å². The van der Waals surface area contributed by atoms with Crippen molar-refractivity contribution in [1.82, 2.24) is 9.78 Å². The van der Waals surface area contributed by atoms with E-state index in [9.17, 15) is 9.59 Å². The van der Waals surface area contributed by atoms with Crippen LogP contribution in [0.25, 0.3) is 0 Å². The van der Waals surface area contributed by atoms with Gasteiger partial charge in [-0.3, -0.25) is 14.7 Å². The van der Waals surface area contributed by atoms with Gasteiger partial charge in [-0.15, -0.1) is 0 Å². The van der Waals surface area contributed by atoms with Gasteiger partial charge in [-0.25, -0.2) is 4.68 Å². The number of unbranched alkanes of at least 4 members (excludes halogenated alkanes) is 1. The molecular formula is C10H13N3O2. The summed E-state index contributed by atoms with van der Waals surface area (Å²) in [6.45, 7) is 3.63. The Bertz CT molecular complexity index is 505. The summed E-state index contributed by atoms with van der Waals surface area (Å²) in [6.07, 6.45) is 0.941. The molecule has 0 aliphatic rings. The van der Waals surface area contributed by atoms with Crippen molar-refractivity contribution in [3.63, 3.8) is 0 Å². The molecule has 0 spiro atoms. The predicted molar refractivity (Wildman–Crippen MR) is 55.6 cm³/mol. The van der Waals surface area contributed by atoms with Gasteiger partial charge in [0.05, 0.1) is 6.07 Å². The van der Waals surface area contributed by atoms with Gasteiger partial charge in [-0.1, -0.05) is 0 Å². The van der Waals surface area contributed by atoms with E-state index in [0.29, 0.717) is 30.5 Å². The zero-order chi connectivity index (χ0) is 11.4. The number of aromatic amines is 1. The maximum Gasteiger partial charge on any atom is 0.268 e. The Hall–Kier alpha value is -1.83. The Morgan fingerprint density at radius 2 is 2.00 bits per heavy atom. The molecular weight excluding hydrogens is 194 g/mol. The second-order valence-electron chi connectivity index (χ2n) is 3.41. The van der Waals surface area contributed by atoms with Gasteiger partial charge < -0.3 is 0 Å². The number of nitrogens with one attached hydrogen (secondary N) is 1. The van der Waals surface area contributed by atoms with E-state index in [-0.39, 0.29) is 11.1 Å². The lowest BCUT2D eigenvalue weighted by molar-refractivity contribution is 0.541. The SMILES string of the molecule is Cc1c(C)c(=O)n(CCCC#N)[nH]c1=O. The third-order valence-corrected chi connectivity index (χ3v) is 2.38. The first-order chi connectivity index (χ1) is 7.07. The summed E-state index contributed by atoms with van der Waals surface area (Å²) in [5.41, 5.74) is 0.487. The first kappa shape index (κ1) is 11.2. The van der Waals surface area contributed by atoms with E-state index in [2.05, 4.69) is 5.10 Å². The molecule has 0 fully saturated rings. The summed E-state index contributed by atoms with van der Waals surface area (Å²) >= 11 is 0. The minimum atomic E-state index is -0.246. The molecule has 0 radical (unpaired) electrons. The molecule has 0 atom stereocenters. The topological polar surface area (TPSA) is 78.7 Å². The van der Waals surface area contributed by atoms with Crippen molar-refractivity contribution in [2.75, 3.05) is 0 Å². The summed E-state index contributed by atoms with van der Waals surface area (Å²) in [5.74, 6) is 0. The molecule has 1 heterocycles. The molecule has 1 N–H and O–H groups in total. The average Bonchev–Trinajstić information content (AvgIpc) is 2.23. The number of hydrogen-bond acceptors (Lipinski definition) is 3. The van der Waals surface area contributed by atoms with Gasteiger partial charge in [0.1, 0.15) is 0 Å². The van der Waals surface area contributed by atoms with Crippen LogP contribution >= 0.6 is 0 Å². The summed E-state index contributed by atoms with van der Waals surface area (Å²) in [4.78, 5) is 23.0. The molecule has 0 saturated heterocycles. The van der Waals surface area contributed by atoms with E-state index in [1.807, 2.05) is 6.07 Å². The molecule has 0 aliphatic carbocycles. The number of aromatic nitrogens is 2. The Morgan fingerprint density at radius 1 is 1.33 bits per heavy atom. The monoisotopic (exact) mass is 207 g/mol. The van der Waals surface area contributed by atoms with Crippen LogP contribution in [0.15, 0.2) is 9.59 Å². The van der Waals surface area contributed by atoms with E-state index < -0.39 is 0 Å². The summed E-state index contributed by atoms with van der Waals surface area (Å²) in [7, 11) is 0. The first-order valence-corrected chi connectivity index (χ1v) is 4.75. The zero-order valence-corrected chi connectivity index (χ0v) is 8.83. The molecule has 1 aromatic rings. The van der Waals surface area contributed by atoms with Crippen molar-refractivity contribution in [3.05, 3.63) is 31.8 Å². The normalized spacial score (nSPS) is 9.93. The van der Waals surface area contributed by atoms with Crippen LogP contribution in [0.5, 0.6) is 0 Å². The Kier molecular flexibility index (Phi) is 3.45. The van der Waals surface area contributed by atoms with Gasteiger partial charge in [0, 0.05) is 24.1 Å². The average molecular weight is 207 g/mol. The molecule has 80 valence electrons. The number of hydrogen-bond donors (Lipinski definition) is 1. The van der Waals surface area contributed by atoms with Crippen molar-refractivity contribution in [2.24, 2.45) is 0 Å². The highest BCUT2D eigenvalue weighted by molar-refractivity contribution is 5.17. The van der Waals surface area contributed by atoms with Crippen molar-refractivity contribution >= 4 is 0 Å². The number of nitrogens with zero attached hydrogens (tertiary/aromatic N) is 2. The van der Waals surface area contributed by atoms with Crippen LogP contribution in [0.2, 0.25) is 0 Å². The van der Waals surface area contributed by atoms with Crippen molar-refractivity contribution < 1.29 is 0 Å². The number of H-pyrrole nitrogens is 1. The van der Waals surface area contributed by atoms with Crippen LogP contribution < -0.4 is 11.1 Å². The molecule has 1 aromatic heterocycles. The van der Waals surface area contributed by atoms with Crippen LogP contribution in [0.1, 0.15) is 24.0 Å². The highest BCUT2D eigenvalue weighted by atomic mass is 16.2. The van der Waals surface area contributed by atoms with Crippen molar-refractivity contribution in [3.8, 4) is 6.07 Å². The molecule has 0 aromatic carbocycles. The Balaban J connectivity index is 3.06. The first-order valence-electron chi connectivity index (χ1n) is 4.75. The lowest BCUT2D eigenvalue weighted by atomic mass is 10.2. The molecule has 5 nitrogen and oxygen atoms in total. The van der Waals surface area contributed by atoms with Gasteiger partial charge in [0.15, 0.2) is 0 Å². The number of rotatable bonds is 3. The van der Waals surface area contributed by atoms with Crippen LogP contribution in [-0.4, -0.2) is 9.78 Å². The molecule has 0 saturated carbocycles. The van der Waals surface area contributed by atoms with Gasteiger partial charge in [0.25, 0.3) is 11.1 Å². The predicted octanol–water partition coefficient (Wildman–Crippen LogP) is 0.457. The van der Waals surface area contributed by atoms with E-state index in [4.69, 9.17) is 5.26 Å². The fourth-order valence-electron chi connectivity index (χ4n) is 1.26. The molecule has 15 heavy (non-hydrogen) atoms. The molecule has 0 amide bonds. The van der Waals surface area contributed by atoms with Crippen LogP contribution in [-0.2, 0) is 6.54 Å². The minimum absolute atomic E-state index is 0.190. The van der Waals surface area contributed by atoms with Gasteiger partial charge in [0.2, 0.25) is 0 Å². The molecule has 0 unspecified atom stereocenters. The fourth-order valence-corrected chi connectivity index (χ4v) is 1.26. The van der Waals surface area contributed by atoms with Crippen LogP contribution in [0, 0.1) is 25.2 Å². The highest BCUT2D eigenvalue weighted by Crippen LogP contribution is 1.93. The Morgan fingerprint density at radius 3 is 2.60 bits per heavy atom. The van der Waals surface area contributed by atoms with E-state index in [0.717, 1.165) is 0 Å². The summed E-state index contributed by atoms with van der Waals surface area (Å²) in [5, 5.41) is 10.8. The van der Waals surface area contributed by atoms with E-state index in [1.165, 1.54) is 4.68 Å². The van der Waals surface area contributed by atoms with Gasteiger partial charge >= 0.3 is 0 Å². The quantitative estimate of drug-likeness (QED) is 0.731. The second kappa shape index (κ2) is 4.60. The van der Waals surface area contributed by atoms with Gasteiger partial charge in [-0.05, 0) is 20.3 Å². The van der Waals surface area contributed by atoms with E-state index >= 15 is 0 Å². The maximum atomic E-state index is 11.6. The van der Waals surface area contributed by atoms with E-state index in [1.54, 1.807) is 13.8 Å². The zero-order valence-electron chi connectivity index (χ0n) is 8.83. The van der Waals surface area contributed by atoms with Crippen molar-refractivity contribution in [2.45, 2.75) is 33.2 Å². The minimum Gasteiger partial charge on any atom is -0.268 e.